The number of hydrogen-bond donors (Lipinski definition) is 2. The molecule has 2 N–H and O–H groups in total. The van der Waals surface area contributed by atoms with Crippen LogP contribution in [0.3, 0.4) is 0 Å². The van der Waals surface area contributed by atoms with Gasteiger partial charge in [0, 0.05) is 5.56 Å². The van der Waals surface area contributed by atoms with Gasteiger partial charge in [-0.3, -0.25) is 4.79 Å². The molecule has 5 nitrogen and oxygen atoms in total. The van der Waals surface area contributed by atoms with E-state index in [-0.39, 0.29) is 5.71 Å². The summed E-state index contributed by atoms with van der Waals surface area (Å²) >= 11 is 0. The Bertz CT molecular complexity index is 441. The maximum absolute atomic E-state index is 11.6. The minimum atomic E-state index is -1.10. The van der Waals surface area contributed by atoms with Gasteiger partial charge >= 0.3 is 5.97 Å². The molecule has 0 saturated carbocycles. The van der Waals surface area contributed by atoms with Crippen molar-refractivity contribution >= 4 is 17.6 Å². The Kier molecular flexibility index (Phi) is 5.57. The van der Waals surface area contributed by atoms with E-state index in [2.05, 4.69) is 10.5 Å². The summed E-state index contributed by atoms with van der Waals surface area (Å²) in [5.74, 6) is -1.51. The third-order valence-electron chi connectivity index (χ3n) is 2.34. The Morgan fingerprint density at radius 3 is 2.50 bits per heavy atom. The lowest BCUT2D eigenvalue weighted by Gasteiger charge is -2.02. The van der Waals surface area contributed by atoms with Crippen LogP contribution in [0.1, 0.15) is 36.5 Å². The number of amides is 1. The van der Waals surface area contributed by atoms with E-state index in [1.165, 1.54) is 0 Å². The van der Waals surface area contributed by atoms with Crippen molar-refractivity contribution in [2.75, 3.05) is 0 Å². The van der Waals surface area contributed by atoms with Crippen LogP contribution in [0.4, 0.5) is 0 Å². The summed E-state index contributed by atoms with van der Waals surface area (Å²) in [6, 6.07) is 8.53. The Morgan fingerprint density at radius 2 is 1.94 bits per heavy atom. The zero-order valence-corrected chi connectivity index (χ0v) is 10.2. The molecular weight excluding hydrogens is 232 g/mol. The molecule has 0 aliphatic carbocycles. The molecule has 0 aliphatic heterocycles. The van der Waals surface area contributed by atoms with E-state index >= 15 is 0 Å². The van der Waals surface area contributed by atoms with Gasteiger partial charge in [-0.25, -0.2) is 10.2 Å². The molecule has 0 unspecified atom stereocenters. The van der Waals surface area contributed by atoms with Crippen LogP contribution in [0.25, 0.3) is 0 Å². The molecule has 0 aromatic heterocycles. The summed E-state index contributed by atoms with van der Waals surface area (Å²) in [5.41, 5.74) is 2.68. The van der Waals surface area contributed by atoms with Crippen molar-refractivity contribution < 1.29 is 14.7 Å². The predicted molar refractivity (Wildman–Crippen MR) is 68.5 cm³/mol. The van der Waals surface area contributed by atoms with E-state index < -0.39 is 11.9 Å². The number of carboxylic acids is 1. The van der Waals surface area contributed by atoms with E-state index in [4.69, 9.17) is 5.11 Å². The average molecular weight is 248 g/mol. The number of benzene rings is 1. The zero-order valence-electron chi connectivity index (χ0n) is 10.2. The number of nitrogens with zero attached hydrogens (tertiary/aromatic N) is 1. The molecule has 96 valence electrons. The number of nitrogens with one attached hydrogen (secondary N) is 1. The number of carbonyl (C=O) groups is 2. The normalized spacial score (nSPS) is 11.1. The number of hydrogen-bond acceptors (Lipinski definition) is 3. The Balaban J connectivity index is 2.65. The molecule has 1 aromatic carbocycles. The van der Waals surface area contributed by atoms with Crippen LogP contribution in [-0.2, 0) is 4.79 Å². The average Bonchev–Trinajstić information content (AvgIpc) is 2.39. The molecule has 1 amide bonds. The number of rotatable bonds is 6. The lowest BCUT2D eigenvalue weighted by atomic mass is 10.2. The Morgan fingerprint density at radius 1 is 1.28 bits per heavy atom. The first kappa shape index (κ1) is 13.9. The van der Waals surface area contributed by atoms with Crippen molar-refractivity contribution in [1.29, 1.82) is 0 Å². The Hall–Kier alpha value is -2.17. The second kappa shape index (κ2) is 7.21. The van der Waals surface area contributed by atoms with Gasteiger partial charge in [0.1, 0.15) is 5.71 Å². The minimum Gasteiger partial charge on any atom is -0.477 e. The first-order chi connectivity index (χ1) is 8.65. The fraction of sp³-hybridized carbons (Fsp3) is 0.308. The molecule has 0 heterocycles. The van der Waals surface area contributed by atoms with Crippen LogP contribution in [-0.4, -0.2) is 22.7 Å². The van der Waals surface area contributed by atoms with Crippen molar-refractivity contribution in [2.45, 2.75) is 26.2 Å². The predicted octanol–water partition coefficient (Wildman–Crippen LogP) is 2.05. The second-order valence-corrected chi connectivity index (χ2v) is 3.77. The van der Waals surface area contributed by atoms with Crippen molar-refractivity contribution in [1.82, 2.24) is 5.43 Å². The number of carboxylic acid groups (broad SMARTS) is 1. The lowest BCUT2D eigenvalue weighted by molar-refractivity contribution is -0.129. The number of hydrazone groups is 1. The highest BCUT2D eigenvalue weighted by Gasteiger charge is 2.10. The van der Waals surface area contributed by atoms with Gasteiger partial charge in [0.15, 0.2) is 0 Å². The first-order valence-electron chi connectivity index (χ1n) is 5.80. The SMILES string of the molecule is CCCCC(=NNC(=O)c1ccccc1)C(=O)O. The molecular formula is C13H16N2O3. The highest BCUT2D eigenvalue weighted by Crippen LogP contribution is 2.00. The maximum atomic E-state index is 11.6. The zero-order chi connectivity index (χ0) is 13.4. The van der Waals surface area contributed by atoms with E-state index in [9.17, 15) is 9.59 Å². The molecule has 0 radical (unpaired) electrons. The molecule has 0 saturated heterocycles. The quantitative estimate of drug-likeness (QED) is 0.597. The molecule has 1 aromatic rings. The largest absolute Gasteiger partial charge is 0.477 e. The summed E-state index contributed by atoms with van der Waals surface area (Å²) in [7, 11) is 0. The van der Waals surface area contributed by atoms with Crippen LogP contribution in [0.5, 0.6) is 0 Å². The van der Waals surface area contributed by atoms with Gasteiger partial charge in [0.2, 0.25) is 0 Å². The monoisotopic (exact) mass is 248 g/mol. The van der Waals surface area contributed by atoms with Gasteiger partial charge in [0.25, 0.3) is 5.91 Å². The van der Waals surface area contributed by atoms with Crippen LogP contribution in [0, 0.1) is 0 Å². The van der Waals surface area contributed by atoms with Gasteiger partial charge < -0.3 is 5.11 Å². The summed E-state index contributed by atoms with van der Waals surface area (Å²) in [6.45, 7) is 1.96. The standard InChI is InChI=1S/C13H16N2O3/c1-2-3-9-11(13(17)18)14-15-12(16)10-7-5-4-6-8-10/h4-8H,2-3,9H2,1H3,(H,15,16)(H,17,18). The summed E-state index contributed by atoms with van der Waals surface area (Å²) in [6.07, 6.45) is 1.95. The van der Waals surface area contributed by atoms with Gasteiger partial charge in [0.05, 0.1) is 0 Å². The van der Waals surface area contributed by atoms with Crippen LogP contribution < -0.4 is 5.43 Å². The van der Waals surface area contributed by atoms with Crippen molar-refractivity contribution in [2.24, 2.45) is 5.10 Å². The van der Waals surface area contributed by atoms with Gasteiger partial charge in [-0.05, 0) is 25.0 Å². The summed E-state index contributed by atoms with van der Waals surface area (Å²) < 4.78 is 0. The van der Waals surface area contributed by atoms with Crippen molar-refractivity contribution in [3.05, 3.63) is 35.9 Å². The van der Waals surface area contributed by atoms with Crippen LogP contribution in [0.15, 0.2) is 35.4 Å². The molecule has 0 spiro atoms. The fourth-order valence-corrected chi connectivity index (χ4v) is 1.33. The highest BCUT2D eigenvalue weighted by atomic mass is 16.4. The summed E-state index contributed by atoms with van der Waals surface area (Å²) in [4.78, 5) is 22.5. The molecule has 0 aliphatic rings. The number of carbonyl (C=O) groups excluding carboxylic acids is 1. The third kappa shape index (κ3) is 4.37. The molecule has 5 heteroatoms. The Labute approximate surface area is 106 Å². The molecule has 0 bridgehead atoms. The number of aliphatic carboxylic acids is 1. The highest BCUT2D eigenvalue weighted by molar-refractivity contribution is 6.35. The van der Waals surface area contributed by atoms with Gasteiger partial charge in [-0.1, -0.05) is 31.5 Å². The molecule has 1 rings (SSSR count). The van der Waals surface area contributed by atoms with Crippen molar-refractivity contribution in [3.8, 4) is 0 Å². The van der Waals surface area contributed by atoms with Crippen molar-refractivity contribution in [3.63, 3.8) is 0 Å². The van der Waals surface area contributed by atoms with Gasteiger partial charge in [-0.2, -0.15) is 5.10 Å². The second-order valence-electron chi connectivity index (χ2n) is 3.77. The molecule has 0 atom stereocenters. The van der Waals surface area contributed by atoms with E-state index in [0.29, 0.717) is 12.0 Å². The van der Waals surface area contributed by atoms with Gasteiger partial charge in [-0.15, -0.1) is 0 Å². The van der Waals surface area contributed by atoms with E-state index in [1.807, 2.05) is 6.92 Å². The topological polar surface area (TPSA) is 78.8 Å². The smallest absolute Gasteiger partial charge is 0.352 e. The van der Waals surface area contributed by atoms with E-state index in [0.717, 1.165) is 12.8 Å². The molecule has 18 heavy (non-hydrogen) atoms. The minimum absolute atomic E-state index is 0.0267. The number of unbranched alkanes of at least 4 members (excludes halogenated alkanes) is 1. The molecule has 0 fully saturated rings. The fourth-order valence-electron chi connectivity index (χ4n) is 1.33. The van der Waals surface area contributed by atoms with Crippen LogP contribution in [0.2, 0.25) is 0 Å². The van der Waals surface area contributed by atoms with E-state index in [1.54, 1.807) is 30.3 Å². The lowest BCUT2D eigenvalue weighted by Crippen LogP contribution is -2.23. The first-order valence-corrected chi connectivity index (χ1v) is 5.80. The summed E-state index contributed by atoms with van der Waals surface area (Å²) in [5, 5.41) is 12.6. The third-order valence-corrected chi connectivity index (χ3v) is 2.34. The van der Waals surface area contributed by atoms with Crippen LogP contribution >= 0.6 is 0 Å². The maximum Gasteiger partial charge on any atom is 0.352 e.